The van der Waals surface area contributed by atoms with Crippen LogP contribution in [0.5, 0.6) is 0 Å². The molecule has 1 aromatic carbocycles. The number of amides is 1. The minimum Gasteiger partial charge on any atom is -0.381 e. The van der Waals surface area contributed by atoms with Gasteiger partial charge in [-0.15, -0.1) is 0 Å². The molecule has 136 valence electrons. The van der Waals surface area contributed by atoms with E-state index in [2.05, 4.69) is 15.8 Å². The van der Waals surface area contributed by atoms with Gasteiger partial charge < -0.3 is 9.64 Å². The highest BCUT2D eigenvalue weighted by Gasteiger charge is 2.41. The molecule has 2 saturated heterocycles. The van der Waals surface area contributed by atoms with Crippen LogP contribution < -0.4 is 15.8 Å². The average Bonchev–Trinajstić information content (AvgIpc) is 3.04. The van der Waals surface area contributed by atoms with Crippen LogP contribution in [0, 0.1) is 5.92 Å². The van der Waals surface area contributed by atoms with Gasteiger partial charge in [0.2, 0.25) is 5.91 Å². The van der Waals surface area contributed by atoms with Crippen LogP contribution in [0.15, 0.2) is 30.3 Å². The number of fused-ring (bicyclic) bond motifs is 1. The zero-order chi connectivity index (χ0) is 17.2. The van der Waals surface area contributed by atoms with Gasteiger partial charge in [0.25, 0.3) is 0 Å². The fourth-order valence-corrected chi connectivity index (χ4v) is 4.54. The smallest absolute Gasteiger partial charge is 0.241 e. The molecule has 2 heterocycles. The van der Waals surface area contributed by atoms with E-state index >= 15 is 0 Å². The number of hydrogen-bond acceptors (Lipinski definition) is 5. The van der Waals surface area contributed by atoms with E-state index in [9.17, 15) is 4.79 Å². The molecular weight excluding hydrogens is 316 g/mol. The summed E-state index contributed by atoms with van der Waals surface area (Å²) in [5.41, 5.74) is 7.94. The molecule has 1 aliphatic carbocycles. The zero-order valence-electron chi connectivity index (χ0n) is 14.9. The number of anilines is 1. The lowest BCUT2D eigenvalue weighted by Gasteiger charge is -2.37. The fraction of sp³-hybridized carbons (Fsp3) is 0.632. The molecule has 0 aromatic heterocycles. The number of para-hydroxylation sites is 1. The average molecular weight is 344 g/mol. The van der Waals surface area contributed by atoms with Crippen molar-refractivity contribution in [2.45, 2.75) is 37.5 Å². The molecule has 6 heteroatoms. The second kappa shape index (κ2) is 7.41. The van der Waals surface area contributed by atoms with Crippen molar-refractivity contribution >= 4 is 11.6 Å². The Morgan fingerprint density at radius 1 is 1.16 bits per heavy atom. The molecule has 4 unspecified atom stereocenters. The van der Waals surface area contributed by atoms with Gasteiger partial charge in [-0.05, 0) is 37.3 Å². The summed E-state index contributed by atoms with van der Waals surface area (Å²) in [5, 5.41) is 0. The van der Waals surface area contributed by atoms with E-state index in [4.69, 9.17) is 4.74 Å². The number of hydrazine groups is 1. The molecule has 25 heavy (non-hydrogen) atoms. The summed E-state index contributed by atoms with van der Waals surface area (Å²) in [7, 11) is 1.82. The summed E-state index contributed by atoms with van der Waals surface area (Å²) in [6, 6.07) is 10.9. The van der Waals surface area contributed by atoms with Crippen LogP contribution in [0.4, 0.5) is 5.69 Å². The molecular formula is C19H28N4O2. The Labute approximate surface area is 149 Å². The number of methoxy groups -OCH3 is 1. The number of rotatable bonds is 4. The summed E-state index contributed by atoms with van der Waals surface area (Å²) >= 11 is 0. The third kappa shape index (κ3) is 3.58. The van der Waals surface area contributed by atoms with Crippen LogP contribution in [0.1, 0.15) is 19.3 Å². The molecule has 1 aromatic rings. The summed E-state index contributed by atoms with van der Waals surface area (Å²) in [4.78, 5) is 16.8. The van der Waals surface area contributed by atoms with Gasteiger partial charge in [0.1, 0.15) is 0 Å². The van der Waals surface area contributed by atoms with Crippen molar-refractivity contribution in [2.24, 2.45) is 5.92 Å². The van der Waals surface area contributed by atoms with Crippen LogP contribution in [0.3, 0.4) is 0 Å². The summed E-state index contributed by atoms with van der Waals surface area (Å²) < 4.78 is 5.59. The van der Waals surface area contributed by atoms with E-state index in [0.717, 1.165) is 44.6 Å². The Balaban J connectivity index is 1.34. The second-order valence-electron chi connectivity index (χ2n) is 7.45. The molecule has 0 spiro atoms. The van der Waals surface area contributed by atoms with Gasteiger partial charge >= 0.3 is 0 Å². The second-order valence-corrected chi connectivity index (χ2v) is 7.45. The molecule has 4 rings (SSSR count). The molecule has 1 amide bonds. The molecule has 3 fully saturated rings. The number of carbonyl (C=O) groups excluding carboxylic acids is 1. The summed E-state index contributed by atoms with van der Waals surface area (Å²) in [6.45, 7) is 3.10. The number of benzene rings is 1. The quantitative estimate of drug-likeness (QED) is 0.853. The number of hydrogen-bond donors (Lipinski definition) is 2. The first-order valence-corrected chi connectivity index (χ1v) is 9.36. The third-order valence-corrected chi connectivity index (χ3v) is 5.98. The van der Waals surface area contributed by atoms with Crippen molar-refractivity contribution in [3.63, 3.8) is 0 Å². The van der Waals surface area contributed by atoms with Gasteiger partial charge in [-0.25, -0.2) is 0 Å². The molecule has 0 bridgehead atoms. The van der Waals surface area contributed by atoms with E-state index in [1.54, 1.807) is 0 Å². The largest absolute Gasteiger partial charge is 0.381 e. The van der Waals surface area contributed by atoms with Crippen molar-refractivity contribution < 1.29 is 9.53 Å². The Hall–Kier alpha value is -1.47. The van der Waals surface area contributed by atoms with Crippen molar-refractivity contribution in [3.8, 4) is 0 Å². The molecule has 6 nitrogen and oxygen atoms in total. The zero-order valence-corrected chi connectivity index (χ0v) is 14.9. The van der Waals surface area contributed by atoms with E-state index < -0.39 is 0 Å². The lowest BCUT2D eigenvalue weighted by Crippen LogP contribution is -2.54. The SMILES string of the molecule is COC1CCC2NNC(CN3CCN(c4ccccc4)C(=O)C3)C2C1. The molecule has 4 atom stereocenters. The van der Waals surface area contributed by atoms with E-state index in [1.807, 2.05) is 42.3 Å². The van der Waals surface area contributed by atoms with Gasteiger partial charge in [-0.1, -0.05) is 18.2 Å². The molecule has 3 aliphatic rings. The number of nitrogens with zero attached hydrogens (tertiary/aromatic N) is 2. The van der Waals surface area contributed by atoms with Crippen LogP contribution in [-0.2, 0) is 9.53 Å². The highest BCUT2D eigenvalue weighted by atomic mass is 16.5. The van der Waals surface area contributed by atoms with Crippen LogP contribution in [-0.4, -0.2) is 62.3 Å². The van der Waals surface area contributed by atoms with Crippen LogP contribution in [0.25, 0.3) is 0 Å². The van der Waals surface area contributed by atoms with Crippen molar-refractivity contribution in [3.05, 3.63) is 30.3 Å². The predicted molar refractivity (Wildman–Crippen MR) is 97.2 cm³/mol. The minimum absolute atomic E-state index is 0.193. The van der Waals surface area contributed by atoms with E-state index in [-0.39, 0.29) is 5.91 Å². The van der Waals surface area contributed by atoms with Crippen LogP contribution in [0.2, 0.25) is 0 Å². The number of piperazine rings is 1. The van der Waals surface area contributed by atoms with Gasteiger partial charge in [-0.3, -0.25) is 20.5 Å². The number of ether oxygens (including phenoxy) is 1. The maximum atomic E-state index is 12.6. The highest BCUT2D eigenvalue weighted by molar-refractivity contribution is 5.95. The van der Waals surface area contributed by atoms with Gasteiger partial charge in [-0.2, -0.15) is 0 Å². The highest BCUT2D eigenvalue weighted by Crippen LogP contribution is 2.32. The normalized spacial score (nSPS) is 33.5. The lowest BCUT2D eigenvalue weighted by atomic mass is 9.80. The van der Waals surface area contributed by atoms with Gasteiger partial charge in [0, 0.05) is 44.5 Å². The van der Waals surface area contributed by atoms with Gasteiger partial charge in [0.15, 0.2) is 0 Å². The fourth-order valence-electron chi connectivity index (χ4n) is 4.54. The van der Waals surface area contributed by atoms with E-state index in [0.29, 0.717) is 30.7 Å². The number of carbonyl (C=O) groups is 1. The first kappa shape index (κ1) is 17.0. The molecule has 1 saturated carbocycles. The molecule has 0 radical (unpaired) electrons. The maximum Gasteiger partial charge on any atom is 0.241 e. The third-order valence-electron chi connectivity index (χ3n) is 5.98. The summed E-state index contributed by atoms with van der Waals surface area (Å²) in [5.74, 6) is 0.777. The van der Waals surface area contributed by atoms with Crippen molar-refractivity contribution in [1.82, 2.24) is 15.8 Å². The lowest BCUT2D eigenvalue weighted by molar-refractivity contribution is -0.121. The van der Waals surface area contributed by atoms with Crippen LogP contribution >= 0.6 is 0 Å². The Kier molecular flexibility index (Phi) is 5.03. The first-order chi connectivity index (χ1) is 12.2. The van der Waals surface area contributed by atoms with Crippen molar-refractivity contribution in [1.29, 1.82) is 0 Å². The standard InChI is InChI=1S/C19H28N4O2/c1-25-15-7-8-17-16(11-15)18(21-20-17)12-22-9-10-23(19(24)13-22)14-5-3-2-4-6-14/h2-6,15-18,20-21H,7-13H2,1H3. The molecule has 2 aliphatic heterocycles. The minimum atomic E-state index is 0.193. The molecule has 2 N–H and O–H groups in total. The van der Waals surface area contributed by atoms with E-state index in [1.165, 1.54) is 0 Å². The van der Waals surface area contributed by atoms with Crippen molar-refractivity contribution in [2.75, 3.05) is 38.2 Å². The maximum absolute atomic E-state index is 12.6. The van der Waals surface area contributed by atoms with Gasteiger partial charge in [0.05, 0.1) is 12.6 Å². The Morgan fingerprint density at radius 3 is 2.76 bits per heavy atom. The monoisotopic (exact) mass is 344 g/mol. The topological polar surface area (TPSA) is 56.8 Å². The first-order valence-electron chi connectivity index (χ1n) is 9.36. The summed E-state index contributed by atoms with van der Waals surface area (Å²) in [6.07, 6.45) is 3.77. The Morgan fingerprint density at radius 2 is 2.00 bits per heavy atom. The Bertz CT molecular complexity index is 596. The predicted octanol–water partition coefficient (Wildman–Crippen LogP) is 0.995. The number of nitrogens with one attached hydrogen (secondary N) is 2.